The SMILES string of the molecule is CO[C@@H](C(=O)N[C@H](Cc1cccc(Br)c1)C(N)=O)c1ccccc1. The number of primary amides is 1. The molecule has 0 saturated heterocycles. The number of methoxy groups -OCH3 is 1. The van der Waals surface area contributed by atoms with E-state index in [0.29, 0.717) is 12.0 Å². The Labute approximate surface area is 149 Å². The van der Waals surface area contributed by atoms with E-state index in [-0.39, 0.29) is 0 Å². The van der Waals surface area contributed by atoms with Crippen molar-refractivity contribution in [2.45, 2.75) is 18.6 Å². The number of nitrogens with two attached hydrogens (primary N) is 1. The lowest BCUT2D eigenvalue weighted by Crippen LogP contribution is -2.47. The molecule has 0 heterocycles. The summed E-state index contributed by atoms with van der Waals surface area (Å²) in [7, 11) is 1.45. The van der Waals surface area contributed by atoms with Crippen LogP contribution >= 0.6 is 15.9 Å². The summed E-state index contributed by atoms with van der Waals surface area (Å²) in [6.07, 6.45) is -0.485. The minimum absolute atomic E-state index is 0.311. The molecular formula is C18H19BrN2O3. The molecule has 2 amide bonds. The molecule has 24 heavy (non-hydrogen) atoms. The van der Waals surface area contributed by atoms with Gasteiger partial charge in [0.2, 0.25) is 5.91 Å². The summed E-state index contributed by atoms with van der Waals surface area (Å²) in [4.78, 5) is 24.2. The molecule has 2 rings (SSSR count). The average molecular weight is 391 g/mol. The van der Waals surface area contributed by atoms with Crippen molar-refractivity contribution < 1.29 is 14.3 Å². The van der Waals surface area contributed by atoms with Gasteiger partial charge in [0.25, 0.3) is 5.91 Å². The molecule has 0 aliphatic rings. The van der Waals surface area contributed by atoms with Gasteiger partial charge in [-0.1, -0.05) is 58.4 Å². The number of halogens is 1. The van der Waals surface area contributed by atoms with Crippen LogP contribution in [0, 0.1) is 0 Å². The summed E-state index contributed by atoms with van der Waals surface area (Å²) < 4.78 is 6.17. The second-order valence-corrected chi connectivity index (χ2v) is 6.24. The quantitative estimate of drug-likeness (QED) is 0.760. The Kier molecular flexibility index (Phi) is 6.52. The molecule has 0 fully saturated rings. The smallest absolute Gasteiger partial charge is 0.254 e. The zero-order valence-corrected chi connectivity index (χ0v) is 14.8. The molecule has 126 valence electrons. The van der Waals surface area contributed by atoms with Gasteiger partial charge in [0.1, 0.15) is 6.04 Å². The largest absolute Gasteiger partial charge is 0.368 e. The van der Waals surface area contributed by atoms with Crippen molar-refractivity contribution in [1.29, 1.82) is 0 Å². The summed E-state index contributed by atoms with van der Waals surface area (Å²) in [6.45, 7) is 0. The number of carbonyl (C=O) groups excluding carboxylic acids is 2. The van der Waals surface area contributed by atoms with E-state index in [0.717, 1.165) is 10.0 Å². The van der Waals surface area contributed by atoms with Crippen LogP contribution in [0.2, 0.25) is 0 Å². The van der Waals surface area contributed by atoms with Crippen molar-refractivity contribution in [3.05, 3.63) is 70.2 Å². The average Bonchev–Trinajstić information content (AvgIpc) is 2.56. The zero-order chi connectivity index (χ0) is 17.5. The third-order valence-corrected chi connectivity index (χ3v) is 4.06. The molecule has 0 saturated carbocycles. The van der Waals surface area contributed by atoms with Crippen LogP contribution in [0.5, 0.6) is 0 Å². The molecule has 2 aromatic rings. The van der Waals surface area contributed by atoms with Gasteiger partial charge in [0.15, 0.2) is 6.10 Å². The van der Waals surface area contributed by atoms with Crippen LogP contribution in [0.25, 0.3) is 0 Å². The molecule has 0 radical (unpaired) electrons. The molecule has 0 aromatic heterocycles. The number of nitrogens with one attached hydrogen (secondary N) is 1. The third-order valence-electron chi connectivity index (χ3n) is 3.56. The highest BCUT2D eigenvalue weighted by Gasteiger charge is 2.25. The van der Waals surface area contributed by atoms with E-state index in [1.54, 1.807) is 12.1 Å². The maximum absolute atomic E-state index is 12.5. The van der Waals surface area contributed by atoms with Crippen molar-refractivity contribution in [3.63, 3.8) is 0 Å². The maximum atomic E-state index is 12.5. The van der Waals surface area contributed by atoms with Crippen molar-refractivity contribution in [2.24, 2.45) is 5.73 Å². The number of hydrogen-bond donors (Lipinski definition) is 2. The van der Waals surface area contributed by atoms with Gasteiger partial charge in [-0.25, -0.2) is 0 Å². The van der Waals surface area contributed by atoms with Gasteiger partial charge < -0.3 is 15.8 Å². The lowest BCUT2D eigenvalue weighted by molar-refractivity contribution is -0.134. The van der Waals surface area contributed by atoms with E-state index < -0.39 is 24.0 Å². The van der Waals surface area contributed by atoms with Crippen LogP contribution in [-0.4, -0.2) is 25.0 Å². The Morgan fingerprint density at radius 1 is 1.17 bits per heavy atom. The number of carbonyl (C=O) groups is 2. The highest BCUT2D eigenvalue weighted by atomic mass is 79.9. The van der Waals surface area contributed by atoms with Crippen LogP contribution in [0.15, 0.2) is 59.1 Å². The number of hydrogen-bond acceptors (Lipinski definition) is 3. The van der Waals surface area contributed by atoms with Crippen LogP contribution in [0.1, 0.15) is 17.2 Å². The van der Waals surface area contributed by atoms with E-state index in [9.17, 15) is 9.59 Å². The number of benzene rings is 2. The van der Waals surface area contributed by atoms with Crippen molar-refractivity contribution in [2.75, 3.05) is 7.11 Å². The fourth-order valence-electron chi connectivity index (χ4n) is 2.39. The molecule has 6 heteroatoms. The summed E-state index contributed by atoms with van der Waals surface area (Å²) in [6, 6.07) is 15.8. The highest BCUT2D eigenvalue weighted by Crippen LogP contribution is 2.17. The van der Waals surface area contributed by atoms with Crippen molar-refractivity contribution in [1.82, 2.24) is 5.32 Å². The van der Waals surface area contributed by atoms with Crippen LogP contribution in [-0.2, 0) is 20.7 Å². The van der Waals surface area contributed by atoms with Crippen LogP contribution < -0.4 is 11.1 Å². The molecule has 2 atom stereocenters. The monoisotopic (exact) mass is 390 g/mol. The van der Waals surface area contributed by atoms with Gasteiger partial charge in [-0.3, -0.25) is 9.59 Å². The van der Waals surface area contributed by atoms with Gasteiger partial charge in [0, 0.05) is 18.0 Å². The molecule has 0 spiro atoms. The fourth-order valence-corrected chi connectivity index (χ4v) is 2.84. The summed E-state index contributed by atoms with van der Waals surface area (Å²) in [5.41, 5.74) is 7.05. The van der Waals surface area contributed by atoms with Gasteiger partial charge in [-0.2, -0.15) is 0 Å². The Morgan fingerprint density at radius 2 is 1.88 bits per heavy atom. The highest BCUT2D eigenvalue weighted by molar-refractivity contribution is 9.10. The molecule has 0 aliphatic heterocycles. The minimum atomic E-state index is -0.812. The van der Waals surface area contributed by atoms with E-state index in [2.05, 4.69) is 21.2 Å². The second-order valence-electron chi connectivity index (χ2n) is 5.32. The first kappa shape index (κ1) is 18.2. The predicted octanol–water partition coefficient (Wildman–Crippen LogP) is 2.35. The van der Waals surface area contributed by atoms with Gasteiger partial charge in [0.05, 0.1) is 0 Å². The first-order chi connectivity index (χ1) is 11.5. The zero-order valence-electron chi connectivity index (χ0n) is 13.2. The van der Waals surface area contributed by atoms with Crippen LogP contribution in [0.4, 0.5) is 0 Å². The normalized spacial score (nSPS) is 13.1. The Morgan fingerprint density at radius 3 is 2.46 bits per heavy atom. The summed E-state index contributed by atoms with van der Waals surface area (Å²) in [5, 5.41) is 2.68. The maximum Gasteiger partial charge on any atom is 0.254 e. The van der Waals surface area contributed by atoms with E-state index in [1.807, 2.05) is 42.5 Å². The van der Waals surface area contributed by atoms with E-state index >= 15 is 0 Å². The van der Waals surface area contributed by atoms with E-state index in [4.69, 9.17) is 10.5 Å². The molecule has 3 N–H and O–H groups in total. The van der Waals surface area contributed by atoms with Crippen molar-refractivity contribution >= 4 is 27.7 Å². The number of ether oxygens (including phenoxy) is 1. The molecule has 0 aliphatic carbocycles. The Hall–Kier alpha value is -2.18. The van der Waals surface area contributed by atoms with Gasteiger partial charge >= 0.3 is 0 Å². The first-order valence-corrected chi connectivity index (χ1v) is 8.22. The summed E-state index contributed by atoms with van der Waals surface area (Å²) in [5.74, 6) is -0.992. The molecule has 0 bridgehead atoms. The summed E-state index contributed by atoms with van der Waals surface area (Å²) >= 11 is 3.38. The van der Waals surface area contributed by atoms with E-state index in [1.165, 1.54) is 7.11 Å². The number of rotatable bonds is 7. The second kappa shape index (κ2) is 8.61. The van der Waals surface area contributed by atoms with Gasteiger partial charge in [-0.05, 0) is 23.3 Å². The molecular weight excluding hydrogens is 372 g/mol. The number of amides is 2. The topological polar surface area (TPSA) is 81.4 Å². The lowest BCUT2D eigenvalue weighted by Gasteiger charge is -2.20. The Balaban J connectivity index is 2.11. The first-order valence-electron chi connectivity index (χ1n) is 7.43. The molecule has 0 unspecified atom stereocenters. The molecule has 5 nitrogen and oxygen atoms in total. The van der Waals surface area contributed by atoms with Gasteiger partial charge in [-0.15, -0.1) is 0 Å². The fraction of sp³-hybridized carbons (Fsp3) is 0.222. The lowest BCUT2D eigenvalue weighted by atomic mass is 10.0. The standard InChI is InChI=1S/C18H19BrN2O3/c1-24-16(13-7-3-2-4-8-13)18(23)21-15(17(20)22)11-12-6-5-9-14(19)10-12/h2-10,15-16H,11H2,1H3,(H2,20,22)(H,21,23)/t15-,16-/m1/s1. The Bertz CT molecular complexity index is 706. The minimum Gasteiger partial charge on any atom is -0.368 e. The van der Waals surface area contributed by atoms with Crippen LogP contribution in [0.3, 0.4) is 0 Å². The molecule has 2 aromatic carbocycles. The third kappa shape index (κ3) is 4.91. The predicted molar refractivity (Wildman–Crippen MR) is 95.2 cm³/mol. The van der Waals surface area contributed by atoms with Crippen molar-refractivity contribution in [3.8, 4) is 0 Å².